The van der Waals surface area contributed by atoms with Crippen LogP contribution in [0.3, 0.4) is 0 Å². The molecule has 74 valence electrons. The van der Waals surface area contributed by atoms with Crippen molar-refractivity contribution < 1.29 is 10.2 Å². The molecule has 3 nitrogen and oxygen atoms in total. The van der Waals surface area contributed by atoms with Crippen molar-refractivity contribution in [3.63, 3.8) is 0 Å². The van der Waals surface area contributed by atoms with Gasteiger partial charge in [0.2, 0.25) is 0 Å². The zero-order chi connectivity index (χ0) is 9.97. The zero-order valence-corrected chi connectivity index (χ0v) is 7.77. The summed E-state index contributed by atoms with van der Waals surface area (Å²) in [5.41, 5.74) is 2.11. The molecule has 3 N–H and O–H groups in total. The van der Waals surface area contributed by atoms with Gasteiger partial charge < -0.3 is 15.2 Å². The number of H-pyrrole nitrogens is 1. The highest BCUT2D eigenvalue weighted by Crippen LogP contribution is 2.18. The third kappa shape index (κ3) is 1.64. The van der Waals surface area contributed by atoms with Crippen LogP contribution in [0, 0.1) is 0 Å². The molecule has 2 aromatic rings. The van der Waals surface area contributed by atoms with Crippen molar-refractivity contribution >= 4 is 10.9 Å². The van der Waals surface area contributed by atoms with Crippen LogP contribution in [0.5, 0.6) is 0 Å². The number of aromatic nitrogens is 1. The highest BCUT2D eigenvalue weighted by molar-refractivity contribution is 5.83. The van der Waals surface area contributed by atoms with E-state index in [0.29, 0.717) is 6.42 Å². The van der Waals surface area contributed by atoms with Gasteiger partial charge in [0.25, 0.3) is 0 Å². The summed E-state index contributed by atoms with van der Waals surface area (Å²) in [7, 11) is 0. The molecular weight excluding hydrogens is 178 g/mol. The summed E-state index contributed by atoms with van der Waals surface area (Å²) in [6.07, 6.45) is 1.69. The van der Waals surface area contributed by atoms with Gasteiger partial charge in [-0.25, -0.2) is 0 Å². The second-order valence-electron chi connectivity index (χ2n) is 3.40. The van der Waals surface area contributed by atoms with E-state index in [1.54, 1.807) is 0 Å². The average molecular weight is 191 g/mol. The minimum absolute atomic E-state index is 0.195. The SMILES string of the molecule is OC[C@H](O)Cc1c[nH]c2ccccc12. The lowest BCUT2D eigenvalue weighted by molar-refractivity contribution is 0.0957. The van der Waals surface area contributed by atoms with Crippen molar-refractivity contribution in [3.05, 3.63) is 36.0 Å². The van der Waals surface area contributed by atoms with E-state index in [-0.39, 0.29) is 6.61 Å². The number of para-hydroxylation sites is 1. The summed E-state index contributed by atoms with van der Waals surface area (Å²) >= 11 is 0. The quantitative estimate of drug-likeness (QED) is 0.679. The molecule has 1 aromatic carbocycles. The summed E-state index contributed by atoms with van der Waals surface area (Å²) in [5, 5.41) is 19.2. The van der Waals surface area contributed by atoms with E-state index in [4.69, 9.17) is 5.11 Å². The van der Waals surface area contributed by atoms with Gasteiger partial charge in [0.15, 0.2) is 0 Å². The monoisotopic (exact) mass is 191 g/mol. The van der Waals surface area contributed by atoms with Crippen LogP contribution in [0.15, 0.2) is 30.5 Å². The van der Waals surface area contributed by atoms with E-state index in [2.05, 4.69) is 4.98 Å². The molecule has 0 unspecified atom stereocenters. The number of aliphatic hydroxyl groups excluding tert-OH is 2. The van der Waals surface area contributed by atoms with Crippen molar-refractivity contribution in [1.29, 1.82) is 0 Å². The fourth-order valence-electron chi connectivity index (χ4n) is 1.62. The van der Waals surface area contributed by atoms with E-state index in [1.165, 1.54) is 0 Å². The molecule has 14 heavy (non-hydrogen) atoms. The standard InChI is InChI=1S/C11H13NO2/c13-7-9(14)5-8-6-12-11-4-2-1-3-10(8)11/h1-4,6,9,12-14H,5,7H2/t9-/m1/s1. The van der Waals surface area contributed by atoms with Gasteiger partial charge in [-0.05, 0) is 11.6 Å². The van der Waals surface area contributed by atoms with Gasteiger partial charge in [-0.1, -0.05) is 18.2 Å². The Labute approximate surface area is 82.0 Å². The molecular formula is C11H13NO2. The number of fused-ring (bicyclic) bond motifs is 1. The predicted octanol–water partition coefficient (Wildman–Crippen LogP) is 1.06. The van der Waals surface area contributed by atoms with Crippen LogP contribution in [0.4, 0.5) is 0 Å². The molecule has 0 aliphatic rings. The van der Waals surface area contributed by atoms with Crippen molar-refractivity contribution in [3.8, 4) is 0 Å². The van der Waals surface area contributed by atoms with Crippen LogP contribution in [-0.2, 0) is 6.42 Å². The maximum Gasteiger partial charge on any atom is 0.0811 e. The summed E-state index contributed by atoms with van der Waals surface area (Å²) in [4.78, 5) is 3.12. The second kappa shape index (κ2) is 3.82. The van der Waals surface area contributed by atoms with Gasteiger partial charge in [-0.15, -0.1) is 0 Å². The Bertz CT molecular complexity index is 422. The number of hydrogen-bond donors (Lipinski definition) is 3. The average Bonchev–Trinajstić information content (AvgIpc) is 2.62. The largest absolute Gasteiger partial charge is 0.394 e. The van der Waals surface area contributed by atoms with Crippen molar-refractivity contribution in [2.24, 2.45) is 0 Å². The normalized spacial score (nSPS) is 13.3. The van der Waals surface area contributed by atoms with Gasteiger partial charge in [0.1, 0.15) is 0 Å². The molecule has 0 radical (unpaired) electrons. The van der Waals surface area contributed by atoms with Gasteiger partial charge in [-0.3, -0.25) is 0 Å². The number of aromatic amines is 1. The van der Waals surface area contributed by atoms with Gasteiger partial charge >= 0.3 is 0 Å². The summed E-state index contributed by atoms with van der Waals surface area (Å²) in [5.74, 6) is 0. The Morgan fingerprint density at radius 3 is 2.86 bits per heavy atom. The first-order valence-electron chi connectivity index (χ1n) is 4.65. The molecule has 0 saturated heterocycles. The molecule has 1 heterocycles. The minimum Gasteiger partial charge on any atom is -0.394 e. The lowest BCUT2D eigenvalue weighted by Gasteiger charge is -2.04. The lowest BCUT2D eigenvalue weighted by Crippen LogP contribution is -2.14. The van der Waals surface area contributed by atoms with Crippen LogP contribution in [-0.4, -0.2) is 27.9 Å². The van der Waals surface area contributed by atoms with E-state index < -0.39 is 6.10 Å². The van der Waals surface area contributed by atoms with Crippen LogP contribution in [0.1, 0.15) is 5.56 Å². The number of hydrogen-bond acceptors (Lipinski definition) is 2. The van der Waals surface area contributed by atoms with Crippen LogP contribution in [0.2, 0.25) is 0 Å². The Balaban J connectivity index is 2.33. The molecule has 0 aliphatic heterocycles. The molecule has 0 saturated carbocycles. The molecule has 2 rings (SSSR count). The number of benzene rings is 1. The predicted molar refractivity (Wildman–Crippen MR) is 55.1 cm³/mol. The van der Waals surface area contributed by atoms with Crippen LogP contribution < -0.4 is 0 Å². The fraction of sp³-hybridized carbons (Fsp3) is 0.273. The molecule has 0 amide bonds. The van der Waals surface area contributed by atoms with E-state index in [9.17, 15) is 5.11 Å². The summed E-state index contributed by atoms with van der Waals surface area (Å²) in [6.45, 7) is -0.195. The third-order valence-electron chi connectivity index (χ3n) is 2.34. The smallest absolute Gasteiger partial charge is 0.0811 e. The van der Waals surface area contributed by atoms with E-state index >= 15 is 0 Å². The molecule has 0 bridgehead atoms. The van der Waals surface area contributed by atoms with Crippen LogP contribution >= 0.6 is 0 Å². The molecule has 3 heteroatoms. The third-order valence-corrected chi connectivity index (χ3v) is 2.34. The highest BCUT2D eigenvalue weighted by Gasteiger charge is 2.07. The van der Waals surface area contributed by atoms with Gasteiger partial charge in [0.05, 0.1) is 12.7 Å². The zero-order valence-electron chi connectivity index (χ0n) is 7.77. The molecule has 0 spiro atoms. The van der Waals surface area contributed by atoms with Crippen molar-refractivity contribution in [2.75, 3.05) is 6.61 Å². The molecule has 0 aliphatic carbocycles. The maximum absolute atomic E-state index is 9.33. The summed E-state index contributed by atoms with van der Waals surface area (Å²) < 4.78 is 0. The first-order chi connectivity index (χ1) is 6.81. The van der Waals surface area contributed by atoms with Gasteiger partial charge in [0, 0.05) is 23.5 Å². The maximum atomic E-state index is 9.33. The molecule has 0 fully saturated rings. The second-order valence-corrected chi connectivity index (χ2v) is 3.40. The number of aliphatic hydroxyl groups is 2. The topological polar surface area (TPSA) is 56.2 Å². The minimum atomic E-state index is -0.672. The Morgan fingerprint density at radius 1 is 1.29 bits per heavy atom. The molecule has 1 atom stereocenters. The van der Waals surface area contributed by atoms with Gasteiger partial charge in [-0.2, -0.15) is 0 Å². The Kier molecular flexibility index (Phi) is 2.52. The number of nitrogens with one attached hydrogen (secondary N) is 1. The Hall–Kier alpha value is -1.32. The van der Waals surface area contributed by atoms with Crippen molar-refractivity contribution in [2.45, 2.75) is 12.5 Å². The lowest BCUT2D eigenvalue weighted by atomic mass is 10.1. The first kappa shape index (κ1) is 9.24. The molecule has 1 aromatic heterocycles. The fourth-order valence-corrected chi connectivity index (χ4v) is 1.62. The highest BCUT2D eigenvalue weighted by atomic mass is 16.3. The van der Waals surface area contributed by atoms with Crippen molar-refractivity contribution in [1.82, 2.24) is 4.98 Å². The van der Waals surface area contributed by atoms with E-state index in [0.717, 1.165) is 16.5 Å². The Morgan fingerprint density at radius 2 is 2.07 bits per heavy atom. The summed E-state index contributed by atoms with van der Waals surface area (Å²) in [6, 6.07) is 7.92. The number of rotatable bonds is 3. The van der Waals surface area contributed by atoms with Crippen LogP contribution in [0.25, 0.3) is 10.9 Å². The van der Waals surface area contributed by atoms with E-state index in [1.807, 2.05) is 30.5 Å². The first-order valence-corrected chi connectivity index (χ1v) is 4.65.